The van der Waals surface area contributed by atoms with Gasteiger partial charge >= 0.3 is 0 Å². The van der Waals surface area contributed by atoms with Crippen molar-refractivity contribution in [3.63, 3.8) is 0 Å². The molecule has 1 atom stereocenters. The molecule has 3 nitrogen and oxygen atoms in total. The highest BCUT2D eigenvalue weighted by Crippen LogP contribution is 2.18. The second-order valence-corrected chi connectivity index (χ2v) is 4.46. The molecule has 0 aliphatic heterocycles. The molecule has 0 bridgehead atoms. The van der Waals surface area contributed by atoms with Crippen LogP contribution in [0.4, 0.5) is 0 Å². The maximum atomic E-state index is 5.75. The topological polar surface area (TPSA) is 27.7 Å². The van der Waals surface area contributed by atoms with Crippen molar-refractivity contribution in [2.75, 3.05) is 13.2 Å². The van der Waals surface area contributed by atoms with Gasteiger partial charge in [-0.3, -0.25) is 0 Å². The molecule has 0 fully saturated rings. The van der Waals surface area contributed by atoms with Gasteiger partial charge in [-0.15, -0.1) is 0 Å². The third kappa shape index (κ3) is 4.50. The van der Waals surface area contributed by atoms with E-state index in [1.165, 1.54) is 0 Å². The Morgan fingerprint density at radius 2 is 1.40 bits per heavy atom. The molecule has 3 heteroatoms. The molecule has 1 unspecified atom stereocenters. The smallest absolute Gasteiger partial charge is 0.130 e. The van der Waals surface area contributed by atoms with Gasteiger partial charge in [0, 0.05) is 0 Å². The van der Waals surface area contributed by atoms with Crippen LogP contribution in [0, 0.1) is 0 Å². The lowest BCUT2D eigenvalue weighted by molar-refractivity contribution is 0.143. The normalized spacial score (nSPS) is 11.7. The van der Waals surface area contributed by atoms with Gasteiger partial charge in [0.15, 0.2) is 0 Å². The zero-order valence-electron chi connectivity index (χ0n) is 11.9. The van der Waals surface area contributed by atoms with Crippen molar-refractivity contribution >= 4 is 0 Å². The fourth-order valence-electron chi connectivity index (χ4n) is 1.78. The third-order valence-corrected chi connectivity index (χ3v) is 2.70. The number of benzene rings is 2. The van der Waals surface area contributed by atoms with Crippen LogP contribution in [-0.4, -0.2) is 19.3 Å². The molecule has 2 aromatic carbocycles. The highest BCUT2D eigenvalue weighted by molar-refractivity contribution is 5.31. The zero-order valence-corrected chi connectivity index (χ0v) is 11.9. The molecule has 106 valence electrons. The summed E-state index contributed by atoms with van der Waals surface area (Å²) in [6, 6.07) is 17.4. The van der Waals surface area contributed by atoms with Crippen LogP contribution in [0.2, 0.25) is 0 Å². The summed E-state index contributed by atoms with van der Waals surface area (Å²) in [6.45, 7) is 5.12. The van der Waals surface area contributed by atoms with E-state index >= 15 is 0 Å². The summed E-state index contributed by atoms with van der Waals surface area (Å²) in [4.78, 5) is 0. The molecule has 0 N–H and O–H groups in total. The SMILES string of the molecule is CCOc1ccc(OCC(C)Oc2ccccc2)cc1. The zero-order chi connectivity index (χ0) is 14.2. The van der Waals surface area contributed by atoms with E-state index in [1.807, 2.05) is 68.4 Å². The first-order chi connectivity index (χ1) is 9.78. The van der Waals surface area contributed by atoms with Crippen molar-refractivity contribution < 1.29 is 14.2 Å². The minimum absolute atomic E-state index is 0.0102. The van der Waals surface area contributed by atoms with Gasteiger partial charge in [0.1, 0.15) is 30.0 Å². The van der Waals surface area contributed by atoms with Gasteiger partial charge in [-0.05, 0) is 50.2 Å². The summed E-state index contributed by atoms with van der Waals surface area (Å²) >= 11 is 0. The molecule has 0 aliphatic carbocycles. The minimum Gasteiger partial charge on any atom is -0.494 e. The Kier molecular flexibility index (Phi) is 5.30. The van der Waals surface area contributed by atoms with Gasteiger partial charge in [-0.2, -0.15) is 0 Å². The Labute approximate surface area is 120 Å². The Bertz CT molecular complexity index is 493. The van der Waals surface area contributed by atoms with Gasteiger partial charge in [0.05, 0.1) is 6.61 Å². The van der Waals surface area contributed by atoms with Gasteiger partial charge in [-0.25, -0.2) is 0 Å². The van der Waals surface area contributed by atoms with Crippen molar-refractivity contribution in [2.24, 2.45) is 0 Å². The van der Waals surface area contributed by atoms with Crippen molar-refractivity contribution in [1.29, 1.82) is 0 Å². The molecule has 0 aliphatic rings. The lowest BCUT2D eigenvalue weighted by Gasteiger charge is -2.15. The summed E-state index contributed by atoms with van der Waals surface area (Å²) in [7, 11) is 0. The van der Waals surface area contributed by atoms with Crippen LogP contribution in [0.1, 0.15) is 13.8 Å². The van der Waals surface area contributed by atoms with Crippen molar-refractivity contribution in [3.8, 4) is 17.2 Å². The second kappa shape index (κ2) is 7.43. The van der Waals surface area contributed by atoms with E-state index in [4.69, 9.17) is 14.2 Å². The second-order valence-electron chi connectivity index (χ2n) is 4.46. The maximum absolute atomic E-state index is 5.75. The minimum atomic E-state index is -0.0102. The van der Waals surface area contributed by atoms with Crippen LogP contribution >= 0.6 is 0 Å². The van der Waals surface area contributed by atoms with Crippen LogP contribution in [0.25, 0.3) is 0 Å². The van der Waals surface area contributed by atoms with E-state index in [0.29, 0.717) is 13.2 Å². The molecule has 20 heavy (non-hydrogen) atoms. The van der Waals surface area contributed by atoms with E-state index < -0.39 is 0 Å². The molecule has 0 amide bonds. The molecule has 0 aromatic heterocycles. The predicted octanol–water partition coefficient (Wildman–Crippen LogP) is 3.93. The summed E-state index contributed by atoms with van der Waals surface area (Å²) < 4.78 is 16.8. The summed E-state index contributed by atoms with van der Waals surface area (Å²) in [5, 5.41) is 0. The lowest BCUT2D eigenvalue weighted by Crippen LogP contribution is -2.20. The van der Waals surface area contributed by atoms with E-state index in [-0.39, 0.29) is 6.10 Å². The van der Waals surface area contributed by atoms with Gasteiger partial charge in [0.25, 0.3) is 0 Å². The number of para-hydroxylation sites is 1. The quantitative estimate of drug-likeness (QED) is 0.764. The van der Waals surface area contributed by atoms with Gasteiger partial charge in [0.2, 0.25) is 0 Å². The molecule has 0 radical (unpaired) electrons. The summed E-state index contributed by atoms with van der Waals surface area (Å²) in [5.41, 5.74) is 0. The number of hydrogen-bond acceptors (Lipinski definition) is 3. The number of ether oxygens (including phenoxy) is 3. The molecular formula is C17H20O3. The van der Waals surface area contributed by atoms with Crippen LogP contribution in [0.15, 0.2) is 54.6 Å². The van der Waals surface area contributed by atoms with E-state index in [0.717, 1.165) is 17.2 Å². The summed E-state index contributed by atoms with van der Waals surface area (Å²) in [6.07, 6.45) is -0.0102. The lowest BCUT2D eigenvalue weighted by atomic mass is 10.3. The summed E-state index contributed by atoms with van der Waals surface area (Å²) in [5.74, 6) is 2.53. The molecule has 0 spiro atoms. The molecule has 0 saturated carbocycles. The highest BCUT2D eigenvalue weighted by Gasteiger charge is 2.05. The standard InChI is InChI=1S/C17H20O3/c1-3-18-15-9-11-16(12-10-15)19-13-14(2)20-17-7-5-4-6-8-17/h4-12,14H,3,13H2,1-2H3. The maximum Gasteiger partial charge on any atom is 0.130 e. The van der Waals surface area contributed by atoms with Crippen LogP contribution in [-0.2, 0) is 0 Å². The average molecular weight is 272 g/mol. The predicted molar refractivity (Wildman–Crippen MR) is 79.6 cm³/mol. The Morgan fingerprint density at radius 1 is 0.800 bits per heavy atom. The van der Waals surface area contributed by atoms with Crippen molar-refractivity contribution in [1.82, 2.24) is 0 Å². The molecule has 0 heterocycles. The highest BCUT2D eigenvalue weighted by atomic mass is 16.5. The number of hydrogen-bond donors (Lipinski definition) is 0. The van der Waals surface area contributed by atoms with E-state index in [2.05, 4.69) is 0 Å². The number of rotatable bonds is 7. The molecule has 2 aromatic rings. The van der Waals surface area contributed by atoms with Gasteiger partial charge in [-0.1, -0.05) is 18.2 Å². The van der Waals surface area contributed by atoms with E-state index in [9.17, 15) is 0 Å². The Morgan fingerprint density at radius 3 is 2.00 bits per heavy atom. The van der Waals surface area contributed by atoms with Crippen LogP contribution in [0.5, 0.6) is 17.2 Å². The van der Waals surface area contributed by atoms with Crippen LogP contribution in [0.3, 0.4) is 0 Å². The monoisotopic (exact) mass is 272 g/mol. The molecule has 2 rings (SSSR count). The van der Waals surface area contributed by atoms with Crippen LogP contribution < -0.4 is 14.2 Å². The molecular weight excluding hydrogens is 252 g/mol. The average Bonchev–Trinajstić information content (AvgIpc) is 2.48. The van der Waals surface area contributed by atoms with Crippen molar-refractivity contribution in [3.05, 3.63) is 54.6 Å². The first-order valence-electron chi connectivity index (χ1n) is 6.85. The Balaban J connectivity index is 1.79. The molecule has 0 saturated heterocycles. The Hall–Kier alpha value is -2.16. The first-order valence-corrected chi connectivity index (χ1v) is 6.85. The van der Waals surface area contributed by atoms with Crippen molar-refractivity contribution in [2.45, 2.75) is 20.0 Å². The van der Waals surface area contributed by atoms with Gasteiger partial charge < -0.3 is 14.2 Å². The third-order valence-electron chi connectivity index (χ3n) is 2.70. The largest absolute Gasteiger partial charge is 0.494 e. The first kappa shape index (κ1) is 14.3. The fourth-order valence-corrected chi connectivity index (χ4v) is 1.78. The van der Waals surface area contributed by atoms with E-state index in [1.54, 1.807) is 0 Å². The fraction of sp³-hybridized carbons (Fsp3) is 0.294.